The van der Waals surface area contributed by atoms with Crippen molar-refractivity contribution in [3.63, 3.8) is 0 Å². The van der Waals surface area contributed by atoms with E-state index in [1.165, 1.54) is 19.3 Å². The SMILES string of the molecule is CC1CC[C@@]2(OC1)O[C@H]1CC3C4C[C@@H](O)C5C[C@@H](O)[C@H](O)C[C@]5(C)C4CC[C@]3(C)[C@H]1[C@@H]2C. The summed E-state index contributed by atoms with van der Waals surface area (Å²) in [4.78, 5) is 0. The average Bonchev–Trinajstić information content (AvgIpc) is 3.18. The highest BCUT2D eigenvalue weighted by Crippen LogP contribution is 2.71. The van der Waals surface area contributed by atoms with E-state index >= 15 is 0 Å². The minimum absolute atomic E-state index is 0.0870. The van der Waals surface area contributed by atoms with Crippen LogP contribution in [0.5, 0.6) is 0 Å². The molecule has 6 fully saturated rings. The summed E-state index contributed by atoms with van der Waals surface area (Å²) >= 11 is 0. The van der Waals surface area contributed by atoms with Crippen molar-refractivity contribution in [2.45, 2.75) is 109 Å². The van der Waals surface area contributed by atoms with Crippen molar-refractivity contribution >= 4 is 0 Å². The molecule has 6 aliphatic rings. The van der Waals surface area contributed by atoms with Crippen LogP contribution in [0.1, 0.15) is 79.1 Å². The Hall–Kier alpha value is -0.200. The van der Waals surface area contributed by atoms with E-state index in [2.05, 4.69) is 27.7 Å². The maximum absolute atomic E-state index is 11.3. The van der Waals surface area contributed by atoms with Gasteiger partial charge in [0, 0.05) is 12.3 Å². The Morgan fingerprint density at radius 3 is 2.28 bits per heavy atom. The van der Waals surface area contributed by atoms with Crippen molar-refractivity contribution in [2.24, 2.45) is 52.3 Å². The standard InChI is InChI=1S/C27H44O5/c1-14-5-8-27(31-13-14)15(2)24-23(32-27)11-18-16-9-20(28)19-10-21(29)22(30)12-26(19,4)17(16)6-7-25(18,24)3/h14-24,28-30H,5-13H2,1-4H3/t14?,15-,16?,17?,18?,19?,20+,21+,22+,23-,24-,25-,26+,27+/m0/s1. The van der Waals surface area contributed by atoms with Gasteiger partial charge in [0.15, 0.2) is 5.79 Å². The molecule has 0 radical (unpaired) electrons. The molecule has 5 unspecified atom stereocenters. The van der Waals surface area contributed by atoms with Gasteiger partial charge in [0.25, 0.3) is 0 Å². The number of ether oxygens (including phenoxy) is 2. The lowest BCUT2D eigenvalue weighted by Crippen LogP contribution is -2.61. The van der Waals surface area contributed by atoms with Crippen LogP contribution in [0, 0.1) is 52.3 Å². The molecule has 2 heterocycles. The molecule has 0 aromatic rings. The summed E-state index contributed by atoms with van der Waals surface area (Å²) in [5.74, 6) is 2.86. The van der Waals surface area contributed by atoms with E-state index in [0.717, 1.165) is 25.9 Å². The first-order valence-electron chi connectivity index (χ1n) is 13.4. The minimum Gasteiger partial charge on any atom is -0.393 e. The Morgan fingerprint density at radius 1 is 0.781 bits per heavy atom. The second kappa shape index (κ2) is 7.16. The highest BCUT2D eigenvalue weighted by atomic mass is 16.7. The molecule has 0 amide bonds. The van der Waals surface area contributed by atoms with Crippen molar-refractivity contribution < 1.29 is 24.8 Å². The van der Waals surface area contributed by atoms with E-state index in [1.54, 1.807) is 0 Å². The van der Waals surface area contributed by atoms with Gasteiger partial charge in [-0.05, 0) is 91.3 Å². The predicted molar refractivity (Wildman–Crippen MR) is 121 cm³/mol. The Balaban J connectivity index is 1.28. The van der Waals surface area contributed by atoms with Gasteiger partial charge in [0.05, 0.1) is 31.0 Å². The second-order valence-corrected chi connectivity index (χ2v) is 13.4. The summed E-state index contributed by atoms with van der Waals surface area (Å²) in [5, 5.41) is 32.1. The van der Waals surface area contributed by atoms with Crippen LogP contribution < -0.4 is 0 Å². The van der Waals surface area contributed by atoms with Gasteiger partial charge in [-0.15, -0.1) is 0 Å². The lowest BCUT2D eigenvalue weighted by molar-refractivity contribution is -0.273. The van der Waals surface area contributed by atoms with E-state index in [-0.39, 0.29) is 34.7 Å². The molecule has 0 aromatic heterocycles. The molecule has 3 N–H and O–H groups in total. The van der Waals surface area contributed by atoms with Crippen molar-refractivity contribution in [3.8, 4) is 0 Å². The molecule has 32 heavy (non-hydrogen) atoms. The maximum atomic E-state index is 11.3. The predicted octanol–water partition coefficient (Wildman–Crippen LogP) is 3.74. The summed E-state index contributed by atoms with van der Waals surface area (Å²) in [6.45, 7) is 10.3. The van der Waals surface area contributed by atoms with E-state index in [4.69, 9.17) is 9.47 Å². The third-order valence-electron chi connectivity index (χ3n) is 12.0. The molecule has 182 valence electrons. The summed E-state index contributed by atoms with van der Waals surface area (Å²) in [6, 6.07) is 0. The van der Waals surface area contributed by atoms with Crippen LogP contribution in [-0.2, 0) is 9.47 Å². The zero-order chi connectivity index (χ0) is 22.6. The molecular formula is C27H44O5. The van der Waals surface area contributed by atoms with Gasteiger partial charge < -0.3 is 24.8 Å². The molecule has 0 aromatic carbocycles. The molecule has 4 aliphatic carbocycles. The minimum atomic E-state index is -0.692. The van der Waals surface area contributed by atoms with Crippen molar-refractivity contribution in [2.75, 3.05) is 6.61 Å². The van der Waals surface area contributed by atoms with Crippen LogP contribution in [0.25, 0.3) is 0 Å². The molecule has 6 rings (SSSR count). The molecule has 2 saturated heterocycles. The van der Waals surface area contributed by atoms with Crippen molar-refractivity contribution in [1.29, 1.82) is 0 Å². The quantitative estimate of drug-likeness (QED) is 0.526. The van der Waals surface area contributed by atoms with Gasteiger partial charge >= 0.3 is 0 Å². The van der Waals surface area contributed by atoms with Crippen LogP contribution >= 0.6 is 0 Å². The second-order valence-electron chi connectivity index (χ2n) is 13.4. The number of aliphatic hydroxyl groups excluding tert-OH is 3. The fourth-order valence-corrected chi connectivity index (χ4v) is 10.3. The number of aliphatic hydroxyl groups is 3. The van der Waals surface area contributed by atoms with Crippen LogP contribution in [0.4, 0.5) is 0 Å². The summed E-state index contributed by atoms with van der Waals surface area (Å²) in [6.07, 6.45) is 6.22. The van der Waals surface area contributed by atoms with Gasteiger partial charge in [0.1, 0.15) is 0 Å². The molecule has 2 aliphatic heterocycles. The fourth-order valence-electron chi connectivity index (χ4n) is 10.3. The van der Waals surface area contributed by atoms with Crippen LogP contribution in [0.15, 0.2) is 0 Å². The number of hydrogen-bond acceptors (Lipinski definition) is 5. The van der Waals surface area contributed by atoms with E-state index in [9.17, 15) is 15.3 Å². The first-order chi connectivity index (χ1) is 15.1. The topological polar surface area (TPSA) is 79.2 Å². The fraction of sp³-hybridized carbons (Fsp3) is 1.00. The number of rotatable bonds is 0. The van der Waals surface area contributed by atoms with Gasteiger partial charge in [-0.3, -0.25) is 0 Å². The number of fused-ring (bicyclic) bond motifs is 7. The largest absolute Gasteiger partial charge is 0.393 e. The summed E-state index contributed by atoms with van der Waals surface area (Å²) in [7, 11) is 0. The number of hydrogen-bond donors (Lipinski definition) is 3. The van der Waals surface area contributed by atoms with E-state index in [1.807, 2.05) is 0 Å². The third kappa shape index (κ3) is 2.81. The smallest absolute Gasteiger partial charge is 0.171 e. The molecule has 5 heteroatoms. The Morgan fingerprint density at radius 2 is 1.56 bits per heavy atom. The molecule has 0 bridgehead atoms. The zero-order valence-corrected chi connectivity index (χ0v) is 20.4. The lowest BCUT2D eigenvalue weighted by Gasteiger charge is -2.62. The van der Waals surface area contributed by atoms with Crippen molar-refractivity contribution in [3.05, 3.63) is 0 Å². The normalized spacial score (nSPS) is 64.0. The Bertz CT molecular complexity index is 748. The Kier molecular flexibility index (Phi) is 4.99. The summed E-state index contributed by atoms with van der Waals surface area (Å²) in [5.41, 5.74) is 0.146. The average molecular weight is 449 g/mol. The maximum Gasteiger partial charge on any atom is 0.171 e. The third-order valence-corrected chi connectivity index (χ3v) is 12.0. The van der Waals surface area contributed by atoms with Gasteiger partial charge in [0.2, 0.25) is 0 Å². The van der Waals surface area contributed by atoms with Crippen molar-refractivity contribution in [1.82, 2.24) is 0 Å². The van der Waals surface area contributed by atoms with Crippen LogP contribution in [-0.4, -0.2) is 52.1 Å². The first kappa shape index (κ1) is 22.3. The lowest BCUT2D eigenvalue weighted by atomic mass is 9.43. The van der Waals surface area contributed by atoms with E-state index in [0.29, 0.717) is 48.3 Å². The molecule has 5 nitrogen and oxygen atoms in total. The van der Waals surface area contributed by atoms with Gasteiger partial charge in [-0.1, -0.05) is 27.7 Å². The monoisotopic (exact) mass is 448 g/mol. The molecular weight excluding hydrogens is 404 g/mol. The summed E-state index contributed by atoms with van der Waals surface area (Å²) < 4.78 is 13.3. The van der Waals surface area contributed by atoms with Crippen LogP contribution in [0.3, 0.4) is 0 Å². The highest BCUT2D eigenvalue weighted by Gasteiger charge is 2.70. The molecule has 4 saturated carbocycles. The highest BCUT2D eigenvalue weighted by molar-refractivity contribution is 5.16. The van der Waals surface area contributed by atoms with E-state index < -0.39 is 12.2 Å². The first-order valence-corrected chi connectivity index (χ1v) is 13.4. The molecule has 1 spiro atoms. The zero-order valence-electron chi connectivity index (χ0n) is 20.4. The van der Waals surface area contributed by atoms with Crippen LogP contribution in [0.2, 0.25) is 0 Å². The molecule has 14 atom stereocenters. The Labute approximate surface area is 193 Å². The van der Waals surface area contributed by atoms with Gasteiger partial charge in [-0.2, -0.15) is 0 Å². The van der Waals surface area contributed by atoms with Gasteiger partial charge in [-0.25, -0.2) is 0 Å².